The van der Waals surface area contributed by atoms with E-state index >= 15 is 0 Å². The Bertz CT molecular complexity index is 1400. The van der Waals surface area contributed by atoms with Crippen molar-refractivity contribution in [3.63, 3.8) is 0 Å². The molecule has 2 fully saturated rings. The number of carbonyl (C=O) groups is 2. The number of oxazole rings is 1. The molecular weight excluding hydrogens is 464 g/mol. The molecule has 4 aromatic rings. The molecule has 37 heavy (non-hydrogen) atoms. The Morgan fingerprint density at radius 1 is 0.865 bits per heavy atom. The van der Waals surface area contributed by atoms with E-state index in [1.807, 2.05) is 54.6 Å². The maximum absolute atomic E-state index is 13.3. The lowest BCUT2D eigenvalue weighted by molar-refractivity contribution is -0.123. The van der Waals surface area contributed by atoms with Crippen molar-refractivity contribution in [3.05, 3.63) is 90.5 Å². The van der Waals surface area contributed by atoms with E-state index in [-0.39, 0.29) is 18.2 Å². The summed E-state index contributed by atoms with van der Waals surface area (Å²) in [5.41, 5.74) is 4.09. The first-order valence-corrected chi connectivity index (χ1v) is 12.7. The maximum Gasteiger partial charge on any atom is 0.251 e. The molecule has 0 spiro atoms. The summed E-state index contributed by atoms with van der Waals surface area (Å²) in [6.07, 6.45) is 4.54. The van der Waals surface area contributed by atoms with Gasteiger partial charge < -0.3 is 4.42 Å². The normalized spacial score (nSPS) is 19.5. The summed E-state index contributed by atoms with van der Waals surface area (Å²) in [5, 5.41) is 0. The van der Waals surface area contributed by atoms with Crippen molar-refractivity contribution in [2.24, 2.45) is 0 Å². The monoisotopic (exact) mass is 492 g/mol. The van der Waals surface area contributed by atoms with Crippen molar-refractivity contribution >= 4 is 34.7 Å². The first kappa shape index (κ1) is 23.3. The summed E-state index contributed by atoms with van der Waals surface area (Å²) < 4.78 is 5.84. The molecule has 0 saturated carbocycles. The Labute approximate surface area is 215 Å². The number of amides is 2. The summed E-state index contributed by atoms with van der Waals surface area (Å²) in [5.74, 6) is 0.219. The van der Waals surface area contributed by atoms with Crippen LogP contribution in [0.1, 0.15) is 12.0 Å². The molecule has 2 aliphatic heterocycles. The second-order valence-corrected chi connectivity index (χ2v) is 9.47. The summed E-state index contributed by atoms with van der Waals surface area (Å²) in [7, 11) is 0. The Balaban J connectivity index is 1.07. The van der Waals surface area contributed by atoms with E-state index in [0.29, 0.717) is 11.6 Å². The predicted molar refractivity (Wildman–Crippen MR) is 144 cm³/mol. The summed E-state index contributed by atoms with van der Waals surface area (Å²) in [6, 6.07) is 24.7. The molecule has 2 saturated heterocycles. The van der Waals surface area contributed by atoms with E-state index in [0.717, 1.165) is 49.4 Å². The van der Waals surface area contributed by atoms with Crippen LogP contribution in [0.5, 0.6) is 0 Å². The van der Waals surface area contributed by atoms with Crippen LogP contribution in [0, 0.1) is 0 Å². The molecule has 1 unspecified atom stereocenters. The van der Waals surface area contributed by atoms with Gasteiger partial charge >= 0.3 is 0 Å². The van der Waals surface area contributed by atoms with Crippen molar-refractivity contribution < 1.29 is 14.0 Å². The highest BCUT2D eigenvalue weighted by Crippen LogP contribution is 2.30. The van der Waals surface area contributed by atoms with Crippen molar-refractivity contribution in [1.82, 2.24) is 14.8 Å². The van der Waals surface area contributed by atoms with E-state index < -0.39 is 6.04 Å². The Morgan fingerprint density at radius 3 is 2.35 bits per heavy atom. The second kappa shape index (κ2) is 10.1. The van der Waals surface area contributed by atoms with Crippen LogP contribution in [0.3, 0.4) is 0 Å². The number of aromatic nitrogens is 1. The molecular formula is C30H28N4O3. The van der Waals surface area contributed by atoms with Crippen molar-refractivity contribution in [2.45, 2.75) is 12.5 Å². The van der Waals surface area contributed by atoms with Gasteiger partial charge in [-0.25, -0.2) is 9.88 Å². The summed E-state index contributed by atoms with van der Waals surface area (Å²) in [6.45, 7) is 4.16. The van der Waals surface area contributed by atoms with Crippen LogP contribution in [0.25, 0.3) is 28.6 Å². The molecule has 2 amide bonds. The molecule has 186 valence electrons. The van der Waals surface area contributed by atoms with Gasteiger partial charge in [-0.3, -0.25) is 19.4 Å². The van der Waals surface area contributed by atoms with Crippen molar-refractivity contribution in [1.29, 1.82) is 0 Å². The maximum atomic E-state index is 13.3. The first-order chi connectivity index (χ1) is 18.2. The number of nitrogens with zero attached hydrogens (tertiary/aromatic N) is 4. The van der Waals surface area contributed by atoms with Crippen LogP contribution in [0.4, 0.5) is 5.69 Å². The molecule has 7 heteroatoms. The summed E-state index contributed by atoms with van der Waals surface area (Å²) >= 11 is 0. The topological polar surface area (TPSA) is 69.9 Å². The highest BCUT2D eigenvalue weighted by molar-refractivity contribution is 6.22. The lowest BCUT2D eigenvalue weighted by atomic mass is 10.1. The minimum Gasteiger partial charge on any atom is -0.436 e. The van der Waals surface area contributed by atoms with E-state index in [1.54, 1.807) is 12.1 Å². The predicted octanol–water partition coefficient (Wildman–Crippen LogP) is 4.46. The number of imide groups is 1. The lowest BCUT2D eigenvalue weighted by Crippen LogP contribution is -2.52. The number of hydrogen-bond acceptors (Lipinski definition) is 6. The minimum atomic E-state index is -0.397. The molecule has 7 nitrogen and oxygen atoms in total. The van der Waals surface area contributed by atoms with Crippen LogP contribution < -0.4 is 4.90 Å². The largest absolute Gasteiger partial charge is 0.436 e. The van der Waals surface area contributed by atoms with Gasteiger partial charge in [-0.1, -0.05) is 54.6 Å². The number of rotatable bonds is 6. The van der Waals surface area contributed by atoms with Gasteiger partial charge in [0, 0.05) is 38.3 Å². The molecule has 3 aromatic carbocycles. The van der Waals surface area contributed by atoms with Gasteiger partial charge in [0.2, 0.25) is 11.8 Å². The second-order valence-electron chi connectivity index (χ2n) is 9.47. The van der Waals surface area contributed by atoms with Crippen LogP contribution in [0.15, 0.2) is 89.4 Å². The molecule has 0 bridgehead atoms. The van der Waals surface area contributed by atoms with Gasteiger partial charge in [-0.05, 0) is 42.0 Å². The number of carbonyl (C=O) groups excluding carboxylic acids is 2. The van der Waals surface area contributed by atoms with Crippen LogP contribution >= 0.6 is 0 Å². The van der Waals surface area contributed by atoms with E-state index in [1.165, 1.54) is 10.5 Å². The fraction of sp³-hybridized carbons (Fsp3) is 0.233. The van der Waals surface area contributed by atoms with Crippen LogP contribution in [-0.4, -0.2) is 65.4 Å². The van der Waals surface area contributed by atoms with Gasteiger partial charge in [0.15, 0.2) is 5.58 Å². The molecule has 0 aliphatic carbocycles. The quantitative estimate of drug-likeness (QED) is 0.370. The zero-order valence-electron chi connectivity index (χ0n) is 20.5. The number of fused-ring (bicyclic) bond motifs is 1. The van der Waals surface area contributed by atoms with Crippen molar-refractivity contribution in [3.8, 4) is 11.5 Å². The smallest absolute Gasteiger partial charge is 0.251 e. The van der Waals surface area contributed by atoms with E-state index in [4.69, 9.17) is 4.42 Å². The SMILES string of the molecule is O=C1CC(N2CCN(C/C=C/c3ccccc3)CC2)C(=O)N1c1ccc(-c2nc3ccccc3o2)cc1. The number of benzene rings is 3. The Hall–Kier alpha value is -4.07. The highest BCUT2D eigenvalue weighted by Gasteiger charge is 2.43. The number of anilines is 1. The van der Waals surface area contributed by atoms with Crippen molar-refractivity contribution in [2.75, 3.05) is 37.6 Å². The van der Waals surface area contributed by atoms with E-state index in [9.17, 15) is 9.59 Å². The number of para-hydroxylation sites is 2. The van der Waals surface area contributed by atoms with Crippen LogP contribution in [0.2, 0.25) is 0 Å². The van der Waals surface area contributed by atoms with Gasteiger partial charge in [-0.15, -0.1) is 0 Å². The molecule has 6 rings (SSSR count). The molecule has 0 N–H and O–H groups in total. The van der Waals surface area contributed by atoms with Gasteiger partial charge in [-0.2, -0.15) is 0 Å². The third-order valence-electron chi connectivity index (χ3n) is 7.11. The Morgan fingerprint density at radius 2 is 1.59 bits per heavy atom. The van der Waals surface area contributed by atoms with Gasteiger partial charge in [0.25, 0.3) is 5.91 Å². The average Bonchev–Trinajstić information content (AvgIpc) is 3.50. The molecule has 1 atom stereocenters. The zero-order chi connectivity index (χ0) is 25.2. The van der Waals surface area contributed by atoms with Gasteiger partial charge in [0.1, 0.15) is 5.52 Å². The molecule has 2 aliphatic rings. The zero-order valence-corrected chi connectivity index (χ0v) is 20.5. The fourth-order valence-corrected chi connectivity index (χ4v) is 5.08. The van der Waals surface area contributed by atoms with Gasteiger partial charge in [0.05, 0.1) is 18.2 Å². The Kier molecular flexibility index (Phi) is 6.39. The standard InChI is InChI=1S/C30H28N4O3/c35-28-21-26(33-19-17-32(18-20-33)16-6-9-22-7-2-1-3-8-22)30(36)34(28)24-14-12-23(13-15-24)29-31-25-10-4-5-11-27(25)37-29/h1-15,26H,16-21H2/b9-6+. The first-order valence-electron chi connectivity index (χ1n) is 12.7. The van der Waals surface area contributed by atoms with E-state index in [2.05, 4.69) is 39.1 Å². The number of piperazine rings is 1. The molecule has 1 aromatic heterocycles. The third-order valence-corrected chi connectivity index (χ3v) is 7.11. The average molecular weight is 493 g/mol. The third kappa shape index (κ3) is 4.83. The molecule has 0 radical (unpaired) electrons. The number of hydrogen-bond donors (Lipinski definition) is 0. The lowest BCUT2D eigenvalue weighted by Gasteiger charge is -2.36. The molecule has 3 heterocycles. The fourth-order valence-electron chi connectivity index (χ4n) is 5.08. The highest BCUT2D eigenvalue weighted by atomic mass is 16.3. The minimum absolute atomic E-state index is 0.142. The summed E-state index contributed by atoms with van der Waals surface area (Å²) in [4.78, 5) is 36.6. The van der Waals surface area contributed by atoms with Crippen LogP contribution in [-0.2, 0) is 9.59 Å².